The fourth-order valence-corrected chi connectivity index (χ4v) is 2.02. The van der Waals surface area contributed by atoms with Crippen LogP contribution in [-0.2, 0) is 12.1 Å². The van der Waals surface area contributed by atoms with Crippen LogP contribution in [0.2, 0.25) is 0 Å². The Morgan fingerprint density at radius 1 is 1.62 bits per heavy atom. The molecule has 0 aromatic carbocycles. The number of nitrogens with one attached hydrogen (secondary N) is 1. The van der Waals surface area contributed by atoms with E-state index in [1.165, 1.54) is 11.3 Å². The van der Waals surface area contributed by atoms with Gasteiger partial charge in [-0.2, -0.15) is 0 Å². The van der Waals surface area contributed by atoms with Crippen LogP contribution in [0.15, 0.2) is 5.38 Å². The Labute approximate surface area is 82.8 Å². The third-order valence-corrected chi connectivity index (χ3v) is 2.78. The minimum absolute atomic E-state index is 0.0346. The van der Waals surface area contributed by atoms with Gasteiger partial charge in [0.1, 0.15) is 5.01 Å². The summed E-state index contributed by atoms with van der Waals surface area (Å²) in [6, 6.07) is 0. The van der Waals surface area contributed by atoms with Crippen molar-refractivity contribution in [3.8, 4) is 0 Å². The minimum Gasteiger partial charge on any atom is -0.389 e. The van der Waals surface area contributed by atoms with Crippen molar-refractivity contribution in [2.24, 2.45) is 0 Å². The van der Waals surface area contributed by atoms with Crippen LogP contribution in [0.3, 0.4) is 0 Å². The highest BCUT2D eigenvalue weighted by molar-refractivity contribution is 7.09. The summed E-state index contributed by atoms with van der Waals surface area (Å²) >= 11 is 1.50. The van der Waals surface area contributed by atoms with Crippen molar-refractivity contribution in [1.82, 2.24) is 10.3 Å². The van der Waals surface area contributed by atoms with Gasteiger partial charge in [-0.05, 0) is 20.4 Å². The Morgan fingerprint density at radius 3 is 2.77 bits per heavy atom. The van der Waals surface area contributed by atoms with E-state index >= 15 is 0 Å². The van der Waals surface area contributed by atoms with Crippen LogP contribution < -0.4 is 5.32 Å². The molecule has 74 valence electrons. The van der Waals surface area contributed by atoms with Gasteiger partial charge in [0.15, 0.2) is 0 Å². The summed E-state index contributed by atoms with van der Waals surface area (Å²) in [4.78, 5) is 4.33. The summed E-state index contributed by atoms with van der Waals surface area (Å²) in [5.41, 5.74) is 0.905. The average molecular weight is 200 g/mol. The second kappa shape index (κ2) is 4.17. The number of rotatable bonds is 4. The van der Waals surface area contributed by atoms with Gasteiger partial charge in [-0.3, -0.25) is 0 Å². The van der Waals surface area contributed by atoms with Crippen molar-refractivity contribution in [2.45, 2.75) is 32.9 Å². The van der Waals surface area contributed by atoms with E-state index in [0.29, 0.717) is 0 Å². The highest BCUT2D eigenvalue weighted by Gasteiger charge is 2.21. The van der Waals surface area contributed by atoms with Gasteiger partial charge in [-0.25, -0.2) is 4.98 Å². The standard InChI is InChI=1S/C9H16N2OS/c1-4-10-9(2,3)7-6-13-8(5-12)11-7/h6,10,12H,4-5H2,1-3H3. The molecule has 13 heavy (non-hydrogen) atoms. The molecule has 1 aromatic heterocycles. The Morgan fingerprint density at radius 2 is 2.31 bits per heavy atom. The van der Waals surface area contributed by atoms with E-state index in [-0.39, 0.29) is 12.1 Å². The lowest BCUT2D eigenvalue weighted by molar-refractivity contribution is 0.280. The monoisotopic (exact) mass is 200 g/mol. The molecule has 0 fully saturated rings. The van der Waals surface area contributed by atoms with E-state index in [2.05, 4.69) is 31.1 Å². The summed E-state index contributed by atoms with van der Waals surface area (Å²) in [5.74, 6) is 0. The topological polar surface area (TPSA) is 45.1 Å². The molecule has 0 aliphatic rings. The lowest BCUT2D eigenvalue weighted by Gasteiger charge is -2.23. The number of thiazole rings is 1. The van der Waals surface area contributed by atoms with Crippen molar-refractivity contribution in [3.63, 3.8) is 0 Å². The van der Waals surface area contributed by atoms with Crippen LogP contribution >= 0.6 is 11.3 Å². The summed E-state index contributed by atoms with van der Waals surface area (Å²) in [6.45, 7) is 7.20. The number of aromatic nitrogens is 1. The molecule has 1 heterocycles. The zero-order valence-corrected chi connectivity index (χ0v) is 9.11. The van der Waals surface area contributed by atoms with Crippen LogP contribution in [-0.4, -0.2) is 16.6 Å². The average Bonchev–Trinajstić information content (AvgIpc) is 2.52. The quantitative estimate of drug-likeness (QED) is 0.774. The number of aliphatic hydroxyl groups excluding tert-OH is 1. The molecule has 2 N–H and O–H groups in total. The second-order valence-corrected chi connectivity index (χ2v) is 4.38. The number of aliphatic hydroxyl groups is 1. The molecule has 0 saturated heterocycles. The normalized spacial score (nSPS) is 12.0. The smallest absolute Gasteiger partial charge is 0.118 e. The molecule has 0 aliphatic heterocycles. The number of nitrogens with zero attached hydrogens (tertiary/aromatic N) is 1. The van der Waals surface area contributed by atoms with E-state index in [0.717, 1.165) is 17.2 Å². The maximum Gasteiger partial charge on any atom is 0.118 e. The Kier molecular flexibility index (Phi) is 3.41. The van der Waals surface area contributed by atoms with Crippen molar-refractivity contribution < 1.29 is 5.11 Å². The van der Waals surface area contributed by atoms with Gasteiger partial charge >= 0.3 is 0 Å². The molecule has 0 atom stereocenters. The van der Waals surface area contributed by atoms with Crippen LogP contribution in [0.25, 0.3) is 0 Å². The van der Waals surface area contributed by atoms with Gasteiger partial charge in [0.2, 0.25) is 0 Å². The predicted molar refractivity (Wildman–Crippen MR) is 54.7 cm³/mol. The van der Waals surface area contributed by atoms with Crippen LogP contribution in [0.5, 0.6) is 0 Å². The molecule has 4 heteroatoms. The molecule has 0 spiro atoms. The number of hydrogen-bond donors (Lipinski definition) is 2. The van der Waals surface area contributed by atoms with Gasteiger partial charge in [0, 0.05) is 5.38 Å². The molecular formula is C9H16N2OS. The lowest BCUT2D eigenvalue weighted by atomic mass is 10.0. The molecule has 3 nitrogen and oxygen atoms in total. The van der Waals surface area contributed by atoms with E-state index in [1.54, 1.807) is 0 Å². The van der Waals surface area contributed by atoms with Gasteiger partial charge in [0.25, 0.3) is 0 Å². The van der Waals surface area contributed by atoms with E-state index in [9.17, 15) is 0 Å². The molecular weight excluding hydrogens is 184 g/mol. The lowest BCUT2D eigenvalue weighted by Crippen LogP contribution is -2.36. The van der Waals surface area contributed by atoms with Crippen molar-refractivity contribution in [3.05, 3.63) is 16.1 Å². The first-order chi connectivity index (χ1) is 6.10. The van der Waals surface area contributed by atoms with Crippen LogP contribution in [0, 0.1) is 0 Å². The maximum absolute atomic E-state index is 8.87. The molecule has 1 rings (SSSR count). The zero-order valence-electron chi connectivity index (χ0n) is 8.29. The third-order valence-electron chi connectivity index (χ3n) is 1.95. The third kappa shape index (κ3) is 2.49. The molecule has 0 radical (unpaired) electrons. The first-order valence-electron chi connectivity index (χ1n) is 4.41. The Bertz CT molecular complexity index is 270. The highest BCUT2D eigenvalue weighted by atomic mass is 32.1. The highest BCUT2D eigenvalue weighted by Crippen LogP contribution is 2.21. The number of hydrogen-bond acceptors (Lipinski definition) is 4. The Hall–Kier alpha value is -0.450. The predicted octanol–water partition coefficient (Wildman–Crippen LogP) is 1.48. The van der Waals surface area contributed by atoms with Crippen molar-refractivity contribution >= 4 is 11.3 Å². The van der Waals surface area contributed by atoms with Crippen LogP contribution in [0.4, 0.5) is 0 Å². The Balaban J connectivity index is 2.80. The van der Waals surface area contributed by atoms with Gasteiger partial charge in [0.05, 0.1) is 17.8 Å². The summed E-state index contributed by atoms with van der Waals surface area (Å²) in [6.07, 6.45) is 0. The molecule has 0 bridgehead atoms. The van der Waals surface area contributed by atoms with Gasteiger partial charge < -0.3 is 10.4 Å². The molecule has 0 amide bonds. The molecule has 0 unspecified atom stereocenters. The zero-order chi connectivity index (χ0) is 9.90. The van der Waals surface area contributed by atoms with Crippen molar-refractivity contribution in [1.29, 1.82) is 0 Å². The van der Waals surface area contributed by atoms with E-state index in [4.69, 9.17) is 5.11 Å². The fourth-order valence-electron chi connectivity index (χ4n) is 1.20. The molecule has 1 aromatic rings. The largest absolute Gasteiger partial charge is 0.389 e. The fraction of sp³-hybridized carbons (Fsp3) is 0.667. The summed E-state index contributed by atoms with van der Waals surface area (Å²) in [7, 11) is 0. The molecule has 0 aliphatic carbocycles. The summed E-state index contributed by atoms with van der Waals surface area (Å²) in [5, 5.41) is 15.0. The van der Waals surface area contributed by atoms with Gasteiger partial charge in [-0.1, -0.05) is 6.92 Å². The molecule has 0 saturated carbocycles. The van der Waals surface area contributed by atoms with Gasteiger partial charge in [-0.15, -0.1) is 11.3 Å². The minimum atomic E-state index is -0.0985. The maximum atomic E-state index is 8.87. The van der Waals surface area contributed by atoms with E-state index < -0.39 is 0 Å². The first-order valence-corrected chi connectivity index (χ1v) is 5.29. The SMILES string of the molecule is CCNC(C)(C)c1csc(CO)n1. The first kappa shape index (κ1) is 10.6. The van der Waals surface area contributed by atoms with Crippen LogP contribution in [0.1, 0.15) is 31.5 Å². The van der Waals surface area contributed by atoms with Crippen molar-refractivity contribution in [2.75, 3.05) is 6.54 Å². The second-order valence-electron chi connectivity index (χ2n) is 3.44. The summed E-state index contributed by atoms with van der Waals surface area (Å²) < 4.78 is 0. The van der Waals surface area contributed by atoms with E-state index in [1.807, 2.05) is 5.38 Å².